The number of benzene rings is 2. The maximum Gasteiger partial charge on any atom is 0.118 e. The lowest BCUT2D eigenvalue weighted by atomic mass is 9.82. The highest BCUT2D eigenvalue weighted by Gasteiger charge is 2.31. The molecule has 1 N–H and O–H groups in total. The first-order chi connectivity index (χ1) is 11.2. The Bertz CT molecular complexity index is 607. The molecule has 1 atom stereocenters. The first-order valence-electron chi connectivity index (χ1n) is 8.12. The number of hydrogen-bond donors (Lipinski definition) is 1. The fraction of sp³-hybridized carbons (Fsp3) is 0.300. The van der Waals surface area contributed by atoms with Gasteiger partial charge in [-0.1, -0.05) is 54.1 Å². The molecule has 0 aromatic heterocycles. The van der Waals surface area contributed by atoms with Crippen LogP contribution >= 0.6 is 11.6 Å². The third kappa shape index (κ3) is 3.95. The van der Waals surface area contributed by atoms with E-state index in [0.29, 0.717) is 5.02 Å². The molecule has 1 aliphatic heterocycles. The lowest BCUT2D eigenvalue weighted by Crippen LogP contribution is -2.30. The molecule has 0 saturated carbocycles. The van der Waals surface area contributed by atoms with E-state index in [0.717, 1.165) is 30.8 Å². The van der Waals surface area contributed by atoms with Crippen molar-refractivity contribution in [2.45, 2.75) is 18.4 Å². The van der Waals surface area contributed by atoms with E-state index in [1.807, 2.05) is 61.0 Å². The van der Waals surface area contributed by atoms with Crippen molar-refractivity contribution in [3.05, 3.63) is 83.6 Å². The highest BCUT2D eigenvalue weighted by molar-refractivity contribution is 6.30. The number of likely N-dealkylation sites (tertiary alicyclic amines) is 1. The lowest BCUT2D eigenvalue weighted by molar-refractivity contribution is 0.117. The van der Waals surface area contributed by atoms with Gasteiger partial charge in [-0.15, -0.1) is 0 Å². The predicted octanol–water partition coefficient (Wildman–Crippen LogP) is 4.08. The minimum Gasteiger partial charge on any atom is -0.380 e. The summed E-state index contributed by atoms with van der Waals surface area (Å²) in [6.07, 6.45) is 6.53. The van der Waals surface area contributed by atoms with Crippen molar-refractivity contribution in [3.8, 4) is 0 Å². The molecule has 0 aliphatic carbocycles. The maximum absolute atomic E-state index is 11.4. The van der Waals surface area contributed by atoms with Gasteiger partial charge in [0.05, 0.1) is 0 Å². The Labute approximate surface area is 143 Å². The molecular weight excluding hydrogens is 306 g/mol. The van der Waals surface area contributed by atoms with E-state index in [1.54, 1.807) is 0 Å². The minimum absolute atomic E-state index is 0.671. The number of halogens is 1. The summed E-state index contributed by atoms with van der Waals surface area (Å²) in [6, 6.07) is 17.2. The van der Waals surface area contributed by atoms with Gasteiger partial charge in [-0.25, -0.2) is 0 Å². The van der Waals surface area contributed by atoms with Gasteiger partial charge in [-0.3, -0.25) is 0 Å². The fourth-order valence-electron chi connectivity index (χ4n) is 3.09. The zero-order valence-corrected chi connectivity index (χ0v) is 13.9. The van der Waals surface area contributed by atoms with E-state index in [1.165, 1.54) is 12.8 Å². The molecule has 2 aromatic rings. The summed E-state index contributed by atoms with van der Waals surface area (Å²) in [5, 5.41) is 12.0. The smallest absolute Gasteiger partial charge is 0.118 e. The third-order valence-electron chi connectivity index (χ3n) is 4.42. The first kappa shape index (κ1) is 16.5. The zero-order valence-electron chi connectivity index (χ0n) is 13.2. The van der Waals surface area contributed by atoms with Crippen molar-refractivity contribution in [2.75, 3.05) is 19.6 Å². The number of rotatable bonds is 6. The molecule has 1 heterocycles. The summed E-state index contributed by atoms with van der Waals surface area (Å²) in [6.45, 7) is 3.17. The molecule has 1 fully saturated rings. The van der Waals surface area contributed by atoms with Crippen molar-refractivity contribution >= 4 is 11.6 Å². The van der Waals surface area contributed by atoms with Crippen LogP contribution in [0.5, 0.6) is 0 Å². The van der Waals surface area contributed by atoms with Gasteiger partial charge in [0.1, 0.15) is 5.60 Å². The van der Waals surface area contributed by atoms with Crippen molar-refractivity contribution < 1.29 is 5.11 Å². The molecule has 3 heteroatoms. The van der Waals surface area contributed by atoms with Crippen LogP contribution in [0.15, 0.2) is 54.6 Å². The summed E-state index contributed by atoms with van der Waals surface area (Å²) < 4.78 is 0. The third-order valence-corrected chi connectivity index (χ3v) is 4.67. The molecule has 1 unspecified atom stereocenters. The van der Waals surface area contributed by atoms with Gasteiger partial charge < -0.3 is 10.0 Å². The van der Waals surface area contributed by atoms with Crippen LogP contribution in [-0.2, 0) is 5.60 Å². The van der Waals surface area contributed by atoms with Gasteiger partial charge in [0, 0.05) is 18.0 Å². The van der Waals surface area contributed by atoms with E-state index >= 15 is 0 Å². The topological polar surface area (TPSA) is 23.5 Å². The van der Waals surface area contributed by atoms with Crippen LogP contribution in [0.1, 0.15) is 24.0 Å². The molecule has 1 saturated heterocycles. The summed E-state index contributed by atoms with van der Waals surface area (Å²) in [5.74, 6) is 0. The van der Waals surface area contributed by atoms with Gasteiger partial charge in [0.15, 0.2) is 0 Å². The largest absolute Gasteiger partial charge is 0.380 e. The van der Waals surface area contributed by atoms with Crippen LogP contribution in [0.2, 0.25) is 5.02 Å². The monoisotopic (exact) mass is 327 g/mol. The summed E-state index contributed by atoms with van der Waals surface area (Å²) in [5.41, 5.74) is 0.553. The Hall–Kier alpha value is -1.35. The van der Waals surface area contributed by atoms with Crippen LogP contribution in [0.4, 0.5) is 0 Å². The second kappa shape index (κ2) is 7.48. The molecule has 0 spiro atoms. The maximum atomic E-state index is 11.4. The highest BCUT2D eigenvalue weighted by atomic mass is 35.5. The number of nitrogens with zero attached hydrogens (tertiary/aromatic N) is 1. The van der Waals surface area contributed by atoms with Crippen molar-refractivity contribution in [3.63, 3.8) is 0 Å². The molecular formula is C20H22ClNO. The Morgan fingerprint density at radius 3 is 2.22 bits per heavy atom. The summed E-state index contributed by atoms with van der Waals surface area (Å²) in [4.78, 5) is 2.41. The SMILES string of the molecule is OC([CH][CH]CN1CCCC1)(c1ccccc1)c1ccc(Cl)cc1. The average Bonchev–Trinajstić information content (AvgIpc) is 3.09. The molecule has 2 nitrogen and oxygen atoms in total. The second-order valence-corrected chi connectivity index (χ2v) is 6.49. The zero-order chi connectivity index (χ0) is 16.1. The van der Waals surface area contributed by atoms with Crippen LogP contribution in [-0.4, -0.2) is 29.6 Å². The molecule has 2 radical (unpaired) electrons. The van der Waals surface area contributed by atoms with E-state index < -0.39 is 5.60 Å². The standard InChI is InChI=1S/C20H22ClNO/c21-19-11-9-18(10-12-19)20(23,17-7-2-1-3-8-17)13-6-16-22-14-4-5-15-22/h1-3,6-13,23H,4-5,14-16H2. The van der Waals surface area contributed by atoms with Gasteiger partial charge >= 0.3 is 0 Å². The number of aliphatic hydroxyl groups is 1. The Morgan fingerprint density at radius 1 is 0.957 bits per heavy atom. The molecule has 120 valence electrons. The van der Waals surface area contributed by atoms with Gasteiger partial charge in [0.25, 0.3) is 0 Å². The van der Waals surface area contributed by atoms with Crippen molar-refractivity contribution in [1.29, 1.82) is 0 Å². The lowest BCUT2D eigenvalue weighted by Gasteiger charge is -2.30. The Balaban J connectivity index is 1.79. The molecule has 23 heavy (non-hydrogen) atoms. The highest BCUT2D eigenvalue weighted by Crippen LogP contribution is 2.34. The van der Waals surface area contributed by atoms with Crippen LogP contribution in [0.25, 0.3) is 0 Å². The minimum atomic E-state index is -1.13. The normalized spacial score (nSPS) is 18.0. The Kier molecular flexibility index (Phi) is 5.37. The molecule has 2 aromatic carbocycles. The quantitative estimate of drug-likeness (QED) is 0.864. The molecule has 0 amide bonds. The van der Waals surface area contributed by atoms with Gasteiger partial charge in [-0.05, 0) is 55.6 Å². The summed E-state index contributed by atoms with van der Waals surface area (Å²) in [7, 11) is 0. The van der Waals surface area contributed by atoms with E-state index in [9.17, 15) is 5.11 Å². The van der Waals surface area contributed by atoms with Crippen LogP contribution < -0.4 is 0 Å². The van der Waals surface area contributed by atoms with Crippen LogP contribution in [0, 0.1) is 12.8 Å². The predicted molar refractivity (Wildman–Crippen MR) is 95.2 cm³/mol. The van der Waals surface area contributed by atoms with E-state index in [2.05, 4.69) is 11.3 Å². The summed E-state index contributed by atoms with van der Waals surface area (Å²) >= 11 is 5.99. The van der Waals surface area contributed by atoms with E-state index in [4.69, 9.17) is 11.6 Å². The molecule has 1 aliphatic rings. The average molecular weight is 328 g/mol. The fourth-order valence-corrected chi connectivity index (χ4v) is 3.22. The molecule has 3 rings (SSSR count). The number of hydrogen-bond acceptors (Lipinski definition) is 2. The second-order valence-electron chi connectivity index (χ2n) is 6.05. The Morgan fingerprint density at radius 2 is 1.57 bits per heavy atom. The van der Waals surface area contributed by atoms with Crippen molar-refractivity contribution in [1.82, 2.24) is 4.90 Å². The molecule has 0 bridgehead atoms. The van der Waals surface area contributed by atoms with Crippen molar-refractivity contribution in [2.24, 2.45) is 0 Å². The van der Waals surface area contributed by atoms with Gasteiger partial charge in [0.2, 0.25) is 0 Å². The van der Waals surface area contributed by atoms with Crippen LogP contribution in [0.3, 0.4) is 0 Å². The van der Waals surface area contributed by atoms with E-state index in [-0.39, 0.29) is 0 Å². The first-order valence-corrected chi connectivity index (χ1v) is 8.50. The van der Waals surface area contributed by atoms with Gasteiger partial charge in [-0.2, -0.15) is 0 Å².